The number of anilines is 1. The number of benzene rings is 1. The molecule has 0 saturated carbocycles. The largest absolute Gasteiger partial charge is 0.616 e. The van der Waals surface area contributed by atoms with Crippen LogP contribution >= 0.6 is 0 Å². The second-order valence-corrected chi connectivity index (χ2v) is 5.02. The van der Waals surface area contributed by atoms with Crippen molar-refractivity contribution in [3.8, 4) is 0 Å². The normalized spacial score (nSPS) is 12.3. The first kappa shape index (κ1) is 12.1. The van der Waals surface area contributed by atoms with Crippen LogP contribution in [0.2, 0.25) is 0 Å². The van der Waals surface area contributed by atoms with Gasteiger partial charge >= 0.3 is 0 Å². The Labute approximate surface area is 93.3 Å². The minimum atomic E-state index is -1.07. The van der Waals surface area contributed by atoms with Gasteiger partial charge < -0.3 is 9.45 Å². The number of rotatable bonds is 4. The van der Waals surface area contributed by atoms with E-state index in [1.54, 1.807) is 12.1 Å². The molecule has 3 nitrogen and oxygen atoms in total. The average Bonchev–Trinajstić information content (AvgIpc) is 2.17. The minimum absolute atomic E-state index is 0.0684. The number of ketones is 1. The second kappa shape index (κ2) is 5.19. The van der Waals surface area contributed by atoms with Gasteiger partial charge in [0.25, 0.3) is 0 Å². The number of carbonyl (C=O) groups is 1. The maximum absolute atomic E-state index is 11.5. The topological polar surface area (TPSA) is 43.4 Å². The molecule has 1 unspecified atom stereocenters. The average molecular weight is 225 g/mol. The van der Waals surface area contributed by atoms with Gasteiger partial charge in [-0.25, -0.2) is 0 Å². The van der Waals surface area contributed by atoms with Crippen LogP contribution in [0.1, 0.15) is 10.4 Å². The zero-order valence-corrected chi connectivity index (χ0v) is 10.0. The Bertz CT molecular complexity index is 333. The van der Waals surface area contributed by atoms with Crippen molar-refractivity contribution in [2.24, 2.45) is 0 Å². The van der Waals surface area contributed by atoms with Crippen molar-refractivity contribution >= 4 is 22.6 Å². The Morgan fingerprint density at radius 3 is 2.27 bits per heavy atom. The number of hydrogen-bond donors (Lipinski definition) is 0. The molecular formula is C11H15NO2S. The van der Waals surface area contributed by atoms with Crippen LogP contribution in [0.15, 0.2) is 24.3 Å². The summed E-state index contributed by atoms with van der Waals surface area (Å²) in [6, 6.07) is 7.30. The Hall–Kier alpha value is -1.00. The van der Waals surface area contributed by atoms with Gasteiger partial charge in [0.05, 0.1) is 6.26 Å². The van der Waals surface area contributed by atoms with Gasteiger partial charge in [-0.05, 0) is 35.4 Å². The first-order valence-corrected chi connectivity index (χ1v) is 6.34. The van der Waals surface area contributed by atoms with Gasteiger partial charge in [0.1, 0.15) is 0 Å². The Morgan fingerprint density at radius 2 is 1.87 bits per heavy atom. The summed E-state index contributed by atoms with van der Waals surface area (Å²) in [5.74, 6) is 0.0301. The summed E-state index contributed by atoms with van der Waals surface area (Å²) < 4.78 is 10.9. The van der Waals surface area contributed by atoms with E-state index in [0.717, 1.165) is 5.69 Å². The highest BCUT2D eigenvalue weighted by atomic mass is 32.2. The number of carbonyl (C=O) groups excluding carboxylic acids is 1. The lowest BCUT2D eigenvalue weighted by molar-refractivity contribution is 0.102. The third-order valence-corrected chi connectivity index (χ3v) is 2.71. The second-order valence-electron chi connectivity index (χ2n) is 3.58. The summed E-state index contributed by atoms with van der Waals surface area (Å²) >= 11 is -1.07. The Morgan fingerprint density at radius 1 is 1.33 bits per heavy atom. The van der Waals surface area contributed by atoms with Crippen molar-refractivity contribution < 1.29 is 9.35 Å². The van der Waals surface area contributed by atoms with Crippen LogP contribution in [0.25, 0.3) is 0 Å². The Kier molecular flexibility index (Phi) is 4.17. The summed E-state index contributed by atoms with van der Waals surface area (Å²) in [6.07, 6.45) is 1.53. The molecule has 0 fully saturated rings. The quantitative estimate of drug-likeness (QED) is 0.573. The number of hydrogen-bond acceptors (Lipinski definition) is 3. The molecule has 0 amide bonds. The smallest absolute Gasteiger partial charge is 0.211 e. The zero-order chi connectivity index (χ0) is 11.4. The number of nitrogens with zero attached hydrogens (tertiary/aromatic N) is 1. The van der Waals surface area contributed by atoms with Crippen molar-refractivity contribution in [3.63, 3.8) is 0 Å². The molecule has 1 aromatic carbocycles. The third-order valence-electron chi connectivity index (χ3n) is 2.04. The molecule has 0 aliphatic carbocycles. The summed E-state index contributed by atoms with van der Waals surface area (Å²) in [7, 11) is 3.88. The standard InChI is InChI=1S/C11H15NO2S/c1-12(2)10-6-4-9(5-7-10)11(13)8-15(3)14/h4-7H,8H2,1-3H3. The number of Topliss-reactive ketones (excluding diaryl/α,β-unsaturated/α-hetero) is 1. The predicted octanol–water partition coefficient (Wildman–Crippen LogP) is 1.31. The summed E-state index contributed by atoms with van der Waals surface area (Å²) in [4.78, 5) is 13.5. The first-order chi connectivity index (χ1) is 7.00. The molecule has 1 aromatic rings. The van der Waals surface area contributed by atoms with Gasteiger partial charge in [0.2, 0.25) is 5.78 Å². The van der Waals surface area contributed by atoms with E-state index in [4.69, 9.17) is 0 Å². The van der Waals surface area contributed by atoms with Crippen LogP contribution < -0.4 is 4.90 Å². The van der Waals surface area contributed by atoms with Crippen LogP contribution in [0.5, 0.6) is 0 Å². The lowest BCUT2D eigenvalue weighted by Crippen LogP contribution is -2.15. The third kappa shape index (κ3) is 3.57. The van der Waals surface area contributed by atoms with E-state index < -0.39 is 11.2 Å². The molecule has 1 rings (SSSR count). The monoisotopic (exact) mass is 225 g/mol. The van der Waals surface area contributed by atoms with E-state index in [1.807, 2.05) is 31.1 Å². The first-order valence-electron chi connectivity index (χ1n) is 4.61. The Balaban J connectivity index is 2.75. The lowest BCUT2D eigenvalue weighted by atomic mass is 10.1. The van der Waals surface area contributed by atoms with Crippen molar-refractivity contribution in [2.45, 2.75) is 0 Å². The highest BCUT2D eigenvalue weighted by Crippen LogP contribution is 2.12. The van der Waals surface area contributed by atoms with Crippen molar-refractivity contribution in [2.75, 3.05) is 31.0 Å². The van der Waals surface area contributed by atoms with Crippen LogP contribution in [-0.2, 0) is 11.2 Å². The fourth-order valence-electron chi connectivity index (χ4n) is 1.21. The van der Waals surface area contributed by atoms with E-state index in [9.17, 15) is 9.35 Å². The molecule has 15 heavy (non-hydrogen) atoms. The van der Waals surface area contributed by atoms with Crippen LogP contribution in [0, 0.1) is 0 Å². The van der Waals surface area contributed by atoms with Gasteiger partial charge in [-0.3, -0.25) is 4.79 Å². The maximum atomic E-state index is 11.5. The highest BCUT2D eigenvalue weighted by Gasteiger charge is 2.11. The summed E-state index contributed by atoms with van der Waals surface area (Å²) in [6.45, 7) is 0. The maximum Gasteiger partial charge on any atom is 0.211 e. The fraction of sp³-hybridized carbons (Fsp3) is 0.364. The van der Waals surface area contributed by atoms with Crippen molar-refractivity contribution in [1.82, 2.24) is 0 Å². The molecule has 1 atom stereocenters. The zero-order valence-electron chi connectivity index (χ0n) is 9.19. The predicted molar refractivity (Wildman–Crippen MR) is 64.0 cm³/mol. The molecule has 0 saturated heterocycles. The molecule has 0 aliphatic rings. The molecule has 0 spiro atoms. The highest BCUT2D eigenvalue weighted by molar-refractivity contribution is 7.91. The van der Waals surface area contributed by atoms with E-state index in [2.05, 4.69) is 0 Å². The van der Waals surface area contributed by atoms with Gasteiger partial charge in [0, 0.05) is 25.3 Å². The molecule has 0 N–H and O–H groups in total. The molecule has 4 heteroatoms. The van der Waals surface area contributed by atoms with Crippen LogP contribution in [0.3, 0.4) is 0 Å². The molecule has 82 valence electrons. The van der Waals surface area contributed by atoms with E-state index >= 15 is 0 Å². The molecule has 0 radical (unpaired) electrons. The van der Waals surface area contributed by atoms with Gasteiger partial charge in [0.15, 0.2) is 5.75 Å². The van der Waals surface area contributed by atoms with E-state index in [0.29, 0.717) is 5.56 Å². The fourth-order valence-corrected chi connectivity index (χ4v) is 1.75. The lowest BCUT2D eigenvalue weighted by Gasteiger charge is -2.12. The molecule has 0 aromatic heterocycles. The van der Waals surface area contributed by atoms with E-state index in [-0.39, 0.29) is 11.5 Å². The summed E-state index contributed by atoms with van der Waals surface area (Å²) in [5.41, 5.74) is 1.67. The van der Waals surface area contributed by atoms with Crippen molar-refractivity contribution in [1.29, 1.82) is 0 Å². The van der Waals surface area contributed by atoms with E-state index in [1.165, 1.54) is 6.26 Å². The molecule has 0 heterocycles. The van der Waals surface area contributed by atoms with Gasteiger partial charge in [-0.2, -0.15) is 0 Å². The minimum Gasteiger partial charge on any atom is -0.616 e. The van der Waals surface area contributed by atoms with Gasteiger partial charge in [-0.15, -0.1) is 0 Å². The SMILES string of the molecule is CN(C)c1ccc(C(=O)C[S+](C)[O-])cc1. The van der Waals surface area contributed by atoms with Crippen molar-refractivity contribution in [3.05, 3.63) is 29.8 Å². The van der Waals surface area contributed by atoms with Gasteiger partial charge in [-0.1, -0.05) is 0 Å². The van der Waals surface area contributed by atoms with Crippen LogP contribution in [-0.4, -0.2) is 36.4 Å². The molecule has 0 bridgehead atoms. The summed E-state index contributed by atoms with van der Waals surface area (Å²) in [5, 5.41) is 0. The molecule has 0 aliphatic heterocycles. The molecular weight excluding hydrogens is 210 g/mol. The van der Waals surface area contributed by atoms with Crippen LogP contribution in [0.4, 0.5) is 5.69 Å².